The minimum Gasteiger partial charge on any atom is -0.356 e. The van der Waals surface area contributed by atoms with Gasteiger partial charge < -0.3 is 10.2 Å². The molecule has 1 saturated carbocycles. The van der Waals surface area contributed by atoms with Crippen LogP contribution in [0.3, 0.4) is 0 Å². The molecular formula is C17H28N4. The smallest absolute Gasteiger partial charge is 0.133 e. The number of hydrogen-bond acceptors (Lipinski definition) is 4. The van der Waals surface area contributed by atoms with Gasteiger partial charge in [0.1, 0.15) is 11.6 Å². The Morgan fingerprint density at radius 3 is 2.52 bits per heavy atom. The second kappa shape index (κ2) is 6.30. The van der Waals surface area contributed by atoms with Crippen LogP contribution in [0.1, 0.15) is 57.0 Å². The quantitative estimate of drug-likeness (QED) is 0.904. The van der Waals surface area contributed by atoms with E-state index < -0.39 is 0 Å². The van der Waals surface area contributed by atoms with Gasteiger partial charge in [0.05, 0.1) is 0 Å². The molecule has 0 atom stereocenters. The molecule has 1 aliphatic heterocycles. The fraction of sp³-hybridized carbons (Fsp3) is 0.765. The van der Waals surface area contributed by atoms with Gasteiger partial charge in [0, 0.05) is 36.8 Å². The highest BCUT2D eigenvalue weighted by Crippen LogP contribution is 2.25. The summed E-state index contributed by atoms with van der Waals surface area (Å²) in [7, 11) is 0. The van der Waals surface area contributed by atoms with E-state index in [1.807, 2.05) is 0 Å². The highest BCUT2D eigenvalue weighted by Gasteiger charge is 2.25. The number of aromatic nitrogens is 2. The first-order chi connectivity index (χ1) is 10.1. The van der Waals surface area contributed by atoms with Gasteiger partial charge in [0.2, 0.25) is 0 Å². The van der Waals surface area contributed by atoms with Crippen LogP contribution in [0.5, 0.6) is 0 Å². The zero-order valence-electron chi connectivity index (χ0n) is 13.6. The first-order valence-corrected chi connectivity index (χ1v) is 8.45. The molecule has 0 bridgehead atoms. The van der Waals surface area contributed by atoms with Crippen LogP contribution in [0.25, 0.3) is 0 Å². The highest BCUT2D eigenvalue weighted by atomic mass is 15.2. The number of aryl methyl sites for hydroxylation is 1. The summed E-state index contributed by atoms with van der Waals surface area (Å²) >= 11 is 0. The monoisotopic (exact) mass is 288 g/mol. The van der Waals surface area contributed by atoms with Gasteiger partial charge in [0.15, 0.2) is 0 Å². The van der Waals surface area contributed by atoms with Crippen LogP contribution in [-0.2, 0) is 0 Å². The summed E-state index contributed by atoms with van der Waals surface area (Å²) in [6.07, 6.45) is 5.33. The lowest BCUT2D eigenvalue weighted by Gasteiger charge is -2.33. The van der Waals surface area contributed by atoms with Crippen LogP contribution < -0.4 is 10.2 Å². The van der Waals surface area contributed by atoms with E-state index in [0.717, 1.165) is 42.4 Å². The molecule has 116 valence electrons. The lowest BCUT2D eigenvalue weighted by molar-refractivity contribution is 0.380. The lowest BCUT2D eigenvalue weighted by Crippen LogP contribution is -2.38. The molecule has 0 aromatic carbocycles. The van der Waals surface area contributed by atoms with Crippen LogP contribution >= 0.6 is 0 Å². The molecule has 1 aromatic heterocycles. The first kappa shape index (κ1) is 14.8. The highest BCUT2D eigenvalue weighted by molar-refractivity contribution is 5.40. The summed E-state index contributed by atoms with van der Waals surface area (Å²) in [5.41, 5.74) is 1.08. The molecule has 2 heterocycles. The molecule has 4 nitrogen and oxygen atoms in total. The SMILES string of the molecule is Cc1cc(N2CCC(CNC3CC3)CC2)nc(C(C)C)n1. The summed E-state index contributed by atoms with van der Waals surface area (Å²) in [6.45, 7) is 9.86. The maximum absolute atomic E-state index is 4.77. The Morgan fingerprint density at radius 2 is 1.90 bits per heavy atom. The van der Waals surface area contributed by atoms with Gasteiger partial charge in [-0.25, -0.2) is 9.97 Å². The van der Waals surface area contributed by atoms with Crippen molar-refractivity contribution in [3.05, 3.63) is 17.6 Å². The second-order valence-electron chi connectivity index (χ2n) is 6.99. The lowest BCUT2D eigenvalue weighted by atomic mass is 9.96. The maximum atomic E-state index is 4.77. The van der Waals surface area contributed by atoms with E-state index in [4.69, 9.17) is 4.98 Å². The van der Waals surface area contributed by atoms with E-state index in [1.54, 1.807) is 0 Å². The third-order valence-electron chi connectivity index (χ3n) is 4.59. The number of nitrogens with one attached hydrogen (secondary N) is 1. The summed E-state index contributed by atoms with van der Waals surface area (Å²) in [6, 6.07) is 2.97. The molecule has 1 aliphatic carbocycles. The summed E-state index contributed by atoms with van der Waals surface area (Å²) in [5.74, 6) is 3.33. The van der Waals surface area contributed by atoms with Crippen molar-refractivity contribution in [3.8, 4) is 0 Å². The largest absolute Gasteiger partial charge is 0.356 e. The van der Waals surface area contributed by atoms with Crippen molar-refractivity contribution in [1.82, 2.24) is 15.3 Å². The summed E-state index contributed by atoms with van der Waals surface area (Å²) in [4.78, 5) is 11.8. The van der Waals surface area contributed by atoms with Crippen molar-refractivity contribution < 1.29 is 0 Å². The molecule has 3 rings (SSSR count). The minimum absolute atomic E-state index is 0.393. The normalized spacial score (nSPS) is 20.3. The molecular weight excluding hydrogens is 260 g/mol. The summed E-state index contributed by atoms with van der Waals surface area (Å²) < 4.78 is 0. The van der Waals surface area contributed by atoms with E-state index in [0.29, 0.717) is 5.92 Å². The van der Waals surface area contributed by atoms with Gasteiger partial charge in [-0.05, 0) is 45.1 Å². The second-order valence-corrected chi connectivity index (χ2v) is 6.99. The van der Waals surface area contributed by atoms with Gasteiger partial charge in [-0.1, -0.05) is 13.8 Å². The zero-order chi connectivity index (χ0) is 14.8. The van der Waals surface area contributed by atoms with Gasteiger partial charge in [-0.2, -0.15) is 0 Å². The molecule has 1 aromatic rings. The molecule has 2 fully saturated rings. The van der Waals surface area contributed by atoms with Crippen molar-refractivity contribution in [1.29, 1.82) is 0 Å². The van der Waals surface area contributed by atoms with E-state index >= 15 is 0 Å². The van der Waals surface area contributed by atoms with E-state index in [1.165, 1.54) is 32.2 Å². The van der Waals surface area contributed by atoms with Crippen molar-refractivity contribution in [2.75, 3.05) is 24.5 Å². The minimum atomic E-state index is 0.393. The maximum Gasteiger partial charge on any atom is 0.133 e. The predicted molar refractivity (Wildman–Crippen MR) is 86.8 cm³/mol. The standard InChI is InChI=1S/C17H28N4/c1-12(2)17-19-13(3)10-16(20-17)21-8-6-14(7-9-21)11-18-15-4-5-15/h10,12,14-15,18H,4-9,11H2,1-3H3. The van der Waals surface area contributed by atoms with Crippen LogP contribution in [0, 0.1) is 12.8 Å². The Kier molecular flexibility index (Phi) is 4.43. The van der Waals surface area contributed by atoms with E-state index in [2.05, 4.69) is 42.0 Å². The molecule has 21 heavy (non-hydrogen) atoms. The van der Waals surface area contributed by atoms with Crippen molar-refractivity contribution in [3.63, 3.8) is 0 Å². The number of piperidine rings is 1. The molecule has 0 radical (unpaired) electrons. The number of hydrogen-bond donors (Lipinski definition) is 1. The molecule has 0 spiro atoms. The zero-order valence-corrected chi connectivity index (χ0v) is 13.6. The Balaban J connectivity index is 1.58. The third kappa shape index (κ3) is 3.94. The van der Waals surface area contributed by atoms with Crippen molar-refractivity contribution in [2.45, 2.75) is 58.4 Å². The third-order valence-corrected chi connectivity index (χ3v) is 4.59. The fourth-order valence-electron chi connectivity index (χ4n) is 2.98. The van der Waals surface area contributed by atoms with Crippen LogP contribution in [0.2, 0.25) is 0 Å². The van der Waals surface area contributed by atoms with Gasteiger partial charge >= 0.3 is 0 Å². The van der Waals surface area contributed by atoms with Gasteiger partial charge in [-0.3, -0.25) is 0 Å². The van der Waals surface area contributed by atoms with Crippen molar-refractivity contribution >= 4 is 5.82 Å². The first-order valence-electron chi connectivity index (χ1n) is 8.45. The molecule has 1 N–H and O–H groups in total. The Labute approximate surface area is 128 Å². The molecule has 0 unspecified atom stereocenters. The Morgan fingerprint density at radius 1 is 1.19 bits per heavy atom. The Bertz CT molecular complexity index is 474. The average molecular weight is 288 g/mol. The average Bonchev–Trinajstić information content (AvgIpc) is 3.29. The van der Waals surface area contributed by atoms with Crippen LogP contribution in [0.15, 0.2) is 6.07 Å². The van der Waals surface area contributed by atoms with Crippen molar-refractivity contribution in [2.24, 2.45) is 5.92 Å². The van der Waals surface area contributed by atoms with Gasteiger partial charge in [-0.15, -0.1) is 0 Å². The molecule has 0 amide bonds. The number of nitrogens with zero attached hydrogens (tertiary/aromatic N) is 3. The van der Waals surface area contributed by atoms with Crippen LogP contribution in [-0.4, -0.2) is 35.6 Å². The number of anilines is 1. The summed E-state index contributed by atoms with van der Waals surface area (Å²) in [5, 5.41) is 3.67. The van der Waals surface area contributed by atoms with Crippen LogP contribution in [0.4, 0.5) is 5.82 Å². The Hall–Kier alpha value is -1.16. The van der Waals surface area contributed by atoms with Gasteiger partial charge in [0.25, 0.3) is 0 Å². The molecule has 1 saturated heterocycles. The molecule has 2 aliphatic rings. The number of rotatable bonds is 5. The van der Waals surface area contributed by atoms with E-state index in [-0.39, 0.29) is 0 Å². The molecule has 4 heteroatoms. The predicted octanol–water partition coefficient (Wildman–Crippen LogP) is 2.88. The topological polar surface area (TPSA) is 41.0 Å². The fourth-order valence-corrected chi connectivity index (χ4v) is 2.98. The van der Waals surface area contributed by atoms with E-state index in [9.17, 15) is 0 Å².